The molecule has 0 fully saturated rings. The molecule has 0 atom stereocenters. The molecule has 44 heavy (non-hydrogen) atoms. The predicted octanol–water partition coefficient (Wildman–Crippen LogP) is 9.93. The second-order valence-corrected chi connectivity index (χ2v) is 10.5. The van der Waals surface area contributed by atoms with Crippen molar-refractivity contribution in [1.82, 2.24) is 15.0 Å². The Hall–Kier alpha value is -4.90. The first-order valence-electron chi connectivity index (χ1n) is 14.2. The molecule has 4 aromatic carbocycles. The molecule has 1 radical (unpaired) electrons. The van der Waals surface area contributed by atoms with Gasteiger partial charge in [0.15, 0.2) is 11.2 Å². The molecule has 0 bridgehead atoms. The molecular weight excluding hydrogens is 723 g/mol. The van der Waals surface area contributed by atoms with E-state index in [0.717, 1.165) is 50.0 Å². The Labute approximate surface area is 269 Å². The van der Waals surface area contributed by atoms with Gasteiger partial charge in [0, 0.05) is 43.4 Å². The number of hydrogen-bond acceptors (Lipinski definition) is 5. The normalized spacial score (nSPS) is 11.0. The second kappa shape index (κ2) is 12.8. The Morgan fingerprint density at radius 1 is 0.636 bits per heavy atom. The number of pyridine rings is 2. The van der Waals surface area contributed by atoms with Gasteiger partial charge in [-0.2, -0.15) is 0 Å². The van der Waals surface area contributed by atoms with Gasteiger partial charge in [-0.3, -0.25) is 0 Å². The third-order valence-electron chi connectivity index (χ3n) is 7.33. The van der Waals surface area contributed by atoms with Gasteiger partial charge in [-0.1, -0.05) is 66.8 Å². The summed E-state index contributed by atoms with van der Waals surface area (Å²) >= 11 is 0. The van der Waals surface area contributed by atoms with Crippen molar-refractivity contribution in [1.29, 1.82) is 0 Å². The third kappa shape index (κ3) is 5.70. The Kier molecular flexibility index (Phi) is 8.47. The zero-order chi connectivity index (χ0) is 29.2. The summed E-state index contributed by atoms with van der Waals surface area (Å²) < 4.78 is 12.6. The monoisotopic (exact) mass is 750 g/mol. The first-order valence-corrected chi connectivity index (χ1v) is 14.2. The number of fused-ring (bicyclic) bond motifs is 5. The molecule has 8 aromatic rings. The number of nitrogens with zero attached hydrogens (tertiary/aromatic N) is 3. The van der Waals surface area contributed by atoms with Crippen LogP contribution in [0.5, 0.6) is 0 Å². The maximum atomic E-state index is 6.40. The van der Waals surface area contributed by atoms with Crippen LogP contribution in [-0.2, 0) is 20.1 Å². The first kappa shape index (κ1) is 29.2. The maximum absolute atomic E-state index is 6.40. The number of rotatable bonds is 4. The molecule has 4 aromatic heterocycles. The van der Waals surface area contributed by atoms with Crippen LogP contribution in [0.2, 0.25) is 0 Å². The van der Waals surface area contributed by atoms with Crippen LogP contribution in [0.25, 0.3) is 67.0 Å². The topological polar surface area (TPSA) is 65.0 Å². The first-order chi connectivity index (χ1) is 21.2. The predicted molar refractivity (Wildman–Crippen MR) is 171 cm³/mol. The smallest absolute Gasteiger partial charge is 0.227 e. The van der Waals surface area contributed by atoms with Gasteiger partial charge in [-0.25, -0.2) is 4.98 Å². The Morgan fingerprint density at radius 2 is 1.43 bits per heavy atom. The molecule has 0 amide bonds. The average molecular weight is 750 g/mol. The van der Waals surface area contributed by atoms with Crippen LogP contribution >= 0.6 is 0 Å². The molecule has 0 unspecified atom stereocenters. The van der Waals surface area contributed by atoms with Crippen molar-refractivity contribution in [2.75, 3.05) is 0 Å². The van der Waals surface area contributed by atoms with Crippen LogP contribution < -0.4 is 0 Å². The molecule has 5 nitrogen and oxygen atoms in total. The molecule has 0 saturated heterocycles. The summed E-state index contributed by atoms with van der Waals surface area (Å²) in [5.74, 6) is 1.00. The van der Waals surface area contributed by atoms with E-state index in [1.165, 1.54) is 5.56 Å². The molecule has 0 spiro atoms. The van der Waals surface area contributed by atoms with Gasteiger partial charge in [-0.15, -0.1) is 54.1 Å². The number of oxazole rings is 1. The average Bonchev–Trinajstić information content (AvgIpc) is 3.68. The van der Waals surface area contributed by atoms with Crippen molar-refractivity contribution in [2.24, 2.45) is 0 Å². The number of hydrogen-bond donors (Lipinski definition) is 0. The fraction of sp³-hybridized carbons (Fsp3) is 0.0789. The van der Waals surface area contributed by atoms with Crippen molar-refractivity contribution in [3.05, 3.63) is 139 Å². The van der Waals surface area contributed by atoms with E-state index in [1.54, 1.807) is 6.20 Å². The largest absolute Gasteiger partial charge is 0.497 e. The Balaban J connectivity index is 0.000000222. The quantitative estimate of drug-likeness (QED) is 0.168. The van der Waals surface area contributed by atoms with Gasteiger partial charge in [0.25, 0.3) is 0 Å². The van der Waals surface area contributed by atoms with E-state index in [-0.39, 0.29) is 20.1 Å². The van der Waals surface area contributed by atoms with E-state index in [1.807, 2.05) is 103 Å². The third-order valence-corrected chi connectivity index (χ3v) is 7.33. The van der Waals surface area contributed by atoms with Gasteiger partial charge < -0.3 is 18.8 Å². The number of aromatic nitrogens is 3. The van der Waals surface area contributed by atoms with Gasteiger partial charge in [0.2, 0.25) is 5.89 Å². The Bertz CT molecular complexity index is 2120. The van der Waals surface area contributed by atoms with Crippen molar-refractivity contribution in [2.45, 2.75) is 19.8 Å². The van der Waals surface area contributed by atoms with E-state index in [0.29, 0.717) is 23.0 Å². The minimum atomic E-state index is 0. The molecular formula is C38H27IrN3O2-2. The van der Waals surface area contributed by atoms with E-state index in [9.17, 15) is 0 Å². The van der Waals surface area contributed by atoms with Crippen LogP contribution in [0.1, 0.15) is 25.3 Å². The van der Waals surface area contributed by atoms with Crippen LogP contribution in [0.4, 0.5) is 0 Å². The maximum Gasteiger partial charge on any atom is 0.227 e. The summed E-state index contributed by atoms with van der Waals surface area (Å²) in [6.45, 7) is 4.35. The van der Waals surface area contributed by atoms with Crippen molar-refractivity contribution >= 4 is 33.0 Å². The minimum Gasteiger partial charge on any atom is -0.497 e. The molecule has 0 N–H and O–H groups in total. The standard InChI is InChI=1S/C27H19N2O2.C11H8N.Ir/c1-16(2)18-13-14-28-23(15-18)21-10-6-9-19-20-11-12-22-26(25(20)30-24(19)21)31-27(29-22)17-7-4-3-5-8-17;1-2-6-10(7-3-1)11-8-4-5-9-12-11;/h3-9,11-16H,1-2H3;1-6,8-9H;/q2*-1;. The van der Waals surface area contributed by atoms with Gasteiger partial charge >= 0.3 is 0 Å². The molecule has 0 aliphatic rings. The summed E-state index contributed by atoms with van der Waals surface area (Å²) in [4.78, 5) is 13.5. The molecule has 6 heteroatoms. The van der Waals surface area contributed by atoms with Gasteiger partial charge in [0.1, 0.15) is 5.52 Å². The van der Waals surface area contributed by atoms with Crippen LogP contribution in [0.15, 0.2) is 130 Å². The molecule has 0 saturated carbocycles. The number of benzene rings is 4. The van der Waals surface area contributed by atoms with E-state index in [2.05, 4.69) is 53.1 Å². The molecule has 0 aliphatic carbocycles. The summed E-state index contributed by atoms with van der Waals surface area (Å²) in [7, 11) is 0. The molecule has 217 valence electrons. The van der Waals surface area contributed by atoms with Crippen LogP contribution in [-0.4, -0.2) is 15.0 Å². The fourth-order valence-electron chi connectivity index (χ4n) is 5.10. The zero-order valence-electron chi connectivity index (χ0n) is 24.1. The zero-order valence-corrected chi connectivity index (χ0v) is 26.5. The van der Waals surface area contributed by atoms with Crippen molar-refractivity contribution < 1.29 is 28.9 Å². The molecule has 8 rings (SSSR count). The molecule has 4 heterocycles. The summed E-state index contributed by atoms with van der Waals surface area (Å²) in [5, 5.41) is 2.01. The minimum absolute atomic E-state index is 0. The van der Waals surface area contributed by atoms with Crippen LogP contribution in [0.3, 0.4) is 0 Å². The number of furan rings is 1. The van der Waals surface area contributed by atoms with Gasteiger partial charge in [-0.05, 0) is 53.7 Å². The summed E-state index contributed by atoms with van der Waals surface area (Å²) in [6, 6.07) is 42.2. The van der Waals surface area contributed by atoms with Crippen LogP contribution in [0, 0.1) is 12.1 Å². The fourth-order valence-corrected chi connectivity index (χ4v) is 5.10. The van der Waals surface area contributed by atoms with Gasteiger partial charge in [0.05, 0.1) is 5.58 Å². The Morgan fingerprint density at radius 3 is 2.20 bits per heavy atom. The van der Waals surface area contributed by atoms with E-state index < -0.39 is 0 Å². The van der Waals surface area contributed by atoms with Crippen molar-refractivity contribution in [3.8, 4) is 34.0 Å². The second-order valence-electron chi connectivity index (χ2n) is 10.5. The SMILES string of the molecule is CC(C)c1ccnc(-c2[c-]ccc3c2oc2c3ccc3nc(-c4ccccc4)oc32)c1.[Ir].[c-]1ccccc1-c1ccccn1. The van der Waals surface area contributed by atoms with E-state index >= 15 is 0 Å². The molecule has 0 aliphatic heterocycles. The summed E-state index contributed by atoms with van der Waals surface area (Å²) in [5.41, 5.74) is 8.78. The van der Waals surface area contributed by atoms with E-state index in [4.69, 9.17) is 8.83 Å². The van der Waals surface area contributed by atoms with Crippen molar-refractivity contribution in [3.63, 3.8) is 0 Å². The summed E-state index contributed by atoms with van der Waals surface area (Å²) in [6.07, 6.45) is 3.64.